The van der Waals surface area contributed by atoms with E-state index in [1.807, 2.05) is 56.3 Å². The maximum atomic E-state index is 10.8. The van der Waals surface area contributed by atoms with Gasteiger partial charge in [-0.05, 0) is 59.2 Å². The summed E-state index contributed by atoms with van der Waals surface area (Å²) >= 11 is 6.89. The van der Waals surface area contributed by atoms with Crippen molar-refractivity contribution in [3.63, 3.8) is 0 Å². The number of rotatable bonds is 7. The minimum atomic E-state index is -0.773. The highest BCUT2D eigenvalue weighted by atomic mass is 127. The third kappa shape index (κ3) is 24.9. The highest BCUT2D eigenvalue weighted by Crippen LogP contribution is 2.13. The number of halogens is 2. The number of amides is 1. The molecule has 2 aromatic carbocycles. The monoisotopic (exact) mass is 640 g/mol. The molecule has 0 aliphatic rings. The molecular weight excluding hydrogens is 599 g/mol. The van der Waals surface area contributed by atoms with Gasteiger partial charge in [-0.25, -0.2) is 9.59 Å². The Morgan fingerprint density at radius 1 is 0.889 bits per heavy atom. The van der Waals surface area contributed by atoms with E-state index in [0.29, 0.717) is 13.1 Å². The van der Waals surface area contributed by atoms with Gasteiger partial charge in [-0.2, -0.15) is 0 Å². The SMILES string of the molecule is CC.CCI.COC(=O)Cl.COC(=O)NCCc1cccc(OC)c1.COc1cccc(CCN)c1. The number of methoxy groups -OCH3 is 4. The molecule has 3 N–H and O–H groups in total. The van der Waals surface area contributed by atoms with Crippen LogP contribution in [0.5, 0.6) is 11.5 Å². The number of hydrogen-bond acceptors (Lipinski definition) is 7. The van der Waals surface area contributed by atoms with E-state index in [0.717, 1.165) is 29.9 Å². The van der Waals surface area contributed by atoms with E-state index < -0.39 is 11.5 Å². The molecule has 0 aliphatic carbocycles. The fourth-order valence-electron chi connectivity index (χ4n) is 2.20. The average molecular weight is 641 g/mol. The molecule has 0 fully saturated rings. The standard InChI is InChI=1S/C11H15NO3.C9H13NO.C2H3ClO2.C2H5I.C2H6/c1-14-10-5-3-4-9(8-10)6-7-12-11(13)15-2;1-11-9-4-2-3-8(7-9)5-6-10;1-5-2(3)4;1-2-3;1-2/h3-5,8H,6-7H2,1-2H3,(H,12,13);2-4,7H,5-6,10H2,1H3;1H3;2H2,1H3;1-2H3. The van der Waals surface area contributed by atoms with Gasteiger partial charge in [-0.1, -0.05) is 67.6 Å². The first-order chi connectivity index (χ1) is 17.3. The van der Waals surface area contributed by atoms with Crippen LogP contribution in [0.4, 0.5) is 9.59 Å². The van der Waals surface area contributed by atoms with Gasteiger partial charge < -0.3 is 30.0 Å². The van der Waals surface area contributed by atoms with Crippen LogP contribution in [0.2, 0.25) is 0 Å². The molecule has 0 atom stereocenters. The summed E-state index contributed by atoms with van der Waals surface area (Å²) in [6, 6.07) is 15.7. The van der Waals surface area contributed by atoms with Gasteiger partial charge in [0.1, 0.15) is 11.5 Å². The minimum Gasteiger partial charge on any atom is -0.497 e. The first-order valence-electron chi connectivity index (χ1n) is 11.4. The van der Waals surface area contributed by atoms with E-state index in [1.54, 1.807) is 14.2 Å². The second-order valence-corrected chi connectivity index (χ2v) is 7.95. The van der Waals surface area contributed by atoms with Crippen LogP contribution >= 0.6 is 34.2 Å². The third-order valence-electron chi connectivity index (χ3n) is 3.73. The van der Waals surface area contributed by atoms with Gasteiger partial charge in [-0.15, -0.1) is 0 Å². The summed E-state index contributed by atoms with van der Waals surface area (Å²) in [5, 5.41) is 2.62. The number of alkyl carbamates (subject to hydrolysis) is 1. The molecule has 0 heterocycles. The number of benzene rings is 2. The van der Waals surface area contributed by atoms with Crippen molar-refractivity contribution >= 4 is 45.7 Å². The maximum absolute atomic E-state index is 10.8. The number of carbonyl (C=O) groups is 2. The van der Waals surface area contributed by atoms with Gasteiger partial charge in [0.15, 0.2) is 0 Å². The zero-order valence-corrected chi connectivity index (χ0v) is 25.4. The predicted octanol–water partition coefficient (Wildman–Crippen LogP) is 6.25. The van der Waals surface area contributed by atoms with Gasteiger partial charge in [0, 0.05) is 18.1 Å². The number of hydrogen-bond donors (Lipinski definition) is 2. The van der Waals surface area contributed by atoms with Gasteiger partial charge in [0.25, 0.3) is 0 Å². The van der Waals surface area contributed by atoms with Crippen LogP contribution in [0, 0.1) is 0 Å². The molecule has 1 amide bonds. The molecule has 10 heteroatoms. The molecule has 0 bridgehead atoms. The first kappa shape index (κ1) is 38.3. The smallest absolute Gasteiger partial charge is 0.406 e. The van der Waals surface area contributed by atoms with Crippen molar-refractivity contribution in [1.29, 1.82) is 0 Å². The van der Waals surface area contributed by atoms with Crippen LogP contribution in [0.15, 0.2) is 48.5 Å². The molecule has 0 unspecified atom stereocenters. The summed E-state index contributed by atoms with van der Waals surface area (Å²) in [6.45, 7) is 7.35. The van der Waals surface area contributed by atoms with Crippen LogP contribution in [0.25, 0.3) is 0 Å². The zero-order valence-electron chi connectivity index (χ0n) is 22.4. The minimum absolute atomic E-state index is 0.405. The zero-order chi connectivity index (χ0) is 28.2. The summed E-state index contributed by atoms with van der Waals surface area (Å²) < 4.78 is 19.7. The summed E-state index contributed by atoms with van der Waals surface area (Å²) in [4.78, 5) is 20.1. The molecule has 0 saturated carbocycles. The van der Waals surface area contributed by atoms with Crippen molar-refractivity contribution < 1.29 is 28.5 Å². The van der Waals surface area contributed by atoms with E-state index in [-0.39, 0.29) is 0 Å². The van der Waals surface area contributed by atoms with Crippen LogP contribution < -0.4 is 20.5 Å². The lowest BCUT2D eigenvalue weighted by atomic mass is 10.1. The fourth-order valence-corrected chi connectivity index (χ4v) is 2.20. The summed E-state index contributed by atoms with van der Waals surface area (Å²) in [5.74, 6) is 1.72. The van der Waals surface area contributed by atoms with E-state index in [4.69, 9.17) is 15.2 Å². The Labute approximate surface area is 235 Å². The van der Waals surface area contributed by atoms with Gasteiger partial charge in [0.2, 0.25) is 0 Å². The Bertz CT molecular complexity index is 797. The van der Waals surface area contributed by atoms with E-state index in [9.17, 15) is 9.59 Å². The van der Waals surface area contributed by atoms with Crippen LogP contribution in [-0.2, 0) is 22.3 Å². The van der Waals surface area contributed by atoms with Crippen molar-refractivity contribution in [3.05, 3.63) is 59.7 Å². The second kappa shape index (κ2) is 29.0. The molecule has 0 radical (unpaired) electrons. The molecule has 2 rings (SSSR count). The molecular formula is C26H42ClIN2O6. The quantitative estimate of drug-likeness (QED) is 0.209. The lowest BCUT2D eigenvalue weighted by Gasteiger charge is -2.05. The molecule has 36 heavy (non-hydrogen) atoms. The van der Waals surface area contributed by atoms with Crippen molar-refractivity contribution in [2.45, 2.75) is 33.6 Å². The summed E-state index contributed by atoms with van der Waals surface area (Å²) in [7, 11) is 5.86. The fraction of sp³-hybridized carbons (Fsp3) is 0.462. The Morgan fingerprint density at radius 3 is 1.64 bits per heavy atom. The van der Waals surface area contributed by atoms with E-state index in [1.165, 1.54) is 24.2 Å². The Morgan fingerprint density at radius 2 is 1.31 bits per heavy atom. The maximum Gasteiger partial charge on any atom is 0.406 e. The predicted molar refractivity (Wildman–Crippen MR) is 157 cm³/mol. The Hall–Kier alpha value is -2.24. The molecule has 8 nitrogen and oxygen atoms in total. The molecule has 0 spiro atoms. The number of carbonyl (C=O) groups excluding carboxylic acids is 2. The molecule has 2 aromatic rings. The van der Waals surface area contributed by atoms with Crippen molar-refractivity contribution in [2.24, 2.45) is 5.73 Å². The first-order valence-corrected chi connectivity index (χ1v) is 13.3. The van der Waals surface area contributed by atoms with Gasteiger partial charge in [-0.3, -0.25) is 0 Å². The highest BCUT2D eigenvalue weighted by molar-refractivity contribution is 14.1. The molecule has 0 aliphatic heterocycles. The second-order valence-electron chi connectivity index (χ2n) is 6.12. The molecule has 0 aromatic heterocycles. The lowest BCUT2D eigenvalue weighted by molar-refractivity contribution is 0.171. The molecule has 0 saturated heterocycles. The van der Waals surface area contributed by atoms with Crippen molar-refractivity contribution in [3.8, 4) is 11.5 Å². The number of alkyl halides is 1. The number of nitrogens with one attached hydrogen (secondary N) is 1. The van der Waals surface area contributed by atoms with Crippen LogP contribution in [0.1, 0.15) is 31.9 Å². The summed E-state index contributed by atoms with van der Waals surface area (Å²) in [5.41, 5.74) is 6.98. The summed E-state index contributed by atoms with van der Waals surface area (Å²) in [6.07, 6.45) is 1.27. The lowest BCUT2D eigenvalue weighted by Crippen LogP contribution is -2.25. The Balaban J connectivity index is -0.000000453. The van der Waals surface area contributed by atoms with Gasteiger partial charge in [0.05, 0.1) is 28.4 Å². The van der Waals surface area contributed by atoms with Gasteiger partial charge >= 0.3 is 11.5 Å². The normalized spacial score (nSPS) is 8.50. The van der Waals surface area contributed by atoms with Crippen LogP contribution in [0.3, 0.4) is 0 Å². The highest BCUT2D eigenvalue weighted by Gasteiger charge is 1.99. The number of nitrogens with two attached hydrogens (primary N) is 1. The average Bonchev–Trinajstić information content (AvgIpc) is 2.91. The largest absolute Gasteiger partial charge is 0.497 e. The molecule has 206 valence electrons. The Kier molecular flexibility index (Phi) is 30.8. The third-order valence-corrected chi connectivity index (χ3v) is 3.88. The topological polar surface area (TPSA) is 109 Å². The number of ether oxygens (including phenoxy) is 4. The van der Waals surface area contributed by atoms with Crippen molar-refractivity contribution in [2.75, 3.05) is 46.0 Å². The van der Waals surface area contributed by atoms with E-state index >= 15 is 0 Å². The van der Waals surface area contributed by atoms with Crippen molar-refractivity contribution in [1.82, 2.24) is 5.32 Å². The van der Waals surface area contributed by atoms with E-state index in [2.05, 4.69) is 62.0 Å². The van der Waals surface area contributed by atoms with Crippen LogP contribution in [-0.4, -0.2) is 57.5 Å².